The van der Waals surface area contributed by atoms with E-state index < -0.39 is 0 Å². The number of ether oxygens (including phenoxy) is 1. The summed E-state index contributed by atoms with van der Waals surface area (Å²) in [6.45, 7) is 5.69. The Morgan fingerprint density at radius 1 is 1.24 bits per heavy atom. The third kappa shape index (κ3) is 2.85. The van der Waals surface area contributed by atoms with Crippen LogP contribution in [0, 0.1) is 19.8 Å². The summed E-state index contributed by atoms with van der Waals surface area (Å²) in [5.41, 5.74) is 3.65. The summed E-state index contributed by atoms with van der Waals surface area (Å²) in [6.07, 6.45) is 4.01. The molecule has 2 aliphatic rings. The number of rotatable bonds is 2. The first kappa shape index (κ1) is 16.6. The molecule has 1 aliphatic carbocycles. The van der Waals surface area contributed by atoms with Gasteiger partial charge >= 0.3 is 0 Å². The first-order valence-electron chi connectivity index (χ1n) is 9.11. The van der Waals surface area contributed by atoms with E-state index in [1.165, 1.54) is 0 Å². The van der Waals surface area contributed by atoms with Crippen LogP contribution in [-0.2, 0) is 4.74 Å². The summed E-state index contributed by atoms with van der Waals surface area (Å²) < 4.78 is 11.3. The average Bonchev–Trinajstić information content (AvgIpc) is 3.21. The second kappa shape index (κ2) is 6.46. The second-order valence-electron chi connectivity index (χ2n) is 7.38. The number of aryl methyl sites for hydroxylation is 2. The number of hydrogen-bond acceptors (Lipinski definition) is 4. The van der Waals surface area contributed by atoms with Crippen molar-refractivity contribution in [1.29, 1.82) is 0 Å². The van der Waals surface area contributed by atoms with Crippen LogP contribution in [0.4, 0.5) is 0 Å². The molecule has 2 aromatic rings. The predicted molar refractivity (Wildman–Crippen MR) is 94.7 cm³/mol. The van der Waals surface area contributed by atoms with E-state index in [1.54, 1.807) is 6.26 Å². The second-order valence-corrected chi connectivity index (χ2v) is 7.38. The first-order chi connectivity index (χ1) is 12.1. The van der Waals surface area contributed by atoms with Crippen molar-refractivity contribution in [2.45, 2.75) is 45.3 Å². The third-order valence-corrected chi connectivity index (χ3v) is 5.87. The van der Waals surface area contributed by atoms with Crippen molar-refractivity contribution in [3.8, 4) is 0 Å². The highest BCUT2D eigenvalue weighted by Crippen LogP contribution is 2.34. The number of carbonyl (C=O) groups excluding carboxylic acids is 1. The Balaban J connectivity index is 1.68. The zero-order chi connectivity index (χ0) is 17.6. The molecule has 0 radical (unpaired) electrons. The summed E-state index contributed by atoms with van der Waals surface area (Å²) in [4.78, 5) is 15.2. The van der Waals surface area contributed by atoms with Crippen molar-refractivity contribution in [2.24, 2.45) is 5.92 Å². The summed E-state index contributed by atoms with van der Waals surface area (Å²) in [7, 11) is 0. The van der Waals surface area contributed by atoms with Crippen LogP contribution >= 0.6 is 0 Å². The molecule has 1 aromatic heterocycles. The summed E-state index contributed by atoms with van der Waals surface area (Å²) in [5, 5.41) is 11.2. The molecule has 1 aliphatic heterocycles. The van der Waals surface area contributed by atoms with Gasteiger partial charge in [-0.05, 0) is 49.9 Å². The standard InChI is InChI=1S/C20H25NO4/c1-12-8-15-16(10-25-19(15)9-13(12)2)20(23)21-6-7-24-11-17(21)14-4-3-5-18(14)22/h8-10,14,17-18,22H,3-7,11H2,1-2H3/t14-,17+,18-/m0/s1. The highest BCUT2D eigenvalue weighted by Gasteiger charge is 2.40. The molecule has 4 rings (SSSR count). The Kier molecular flexibility index (Phi) is 4.29. The van der Waals surface area contributed by atoms with E-state index in [0.29, 0.717) is 25.3 Å². The minimum Gasteiger partial charge on any atom is -0.463 e. The Morgan fingerprint density at radius 2 is 2.04 bits per heavy atom. The van der Waals surface area contributed by atoms with Crippen molar-refractivity contribution >= 4 is 16.9 Å². The fourth-order valence-electron chi connectivity index (χ4n) is 4.25. The van der Waals surface area contributed by atoms with Crippen LogP contribution in [-0.4, -0.2) is 47.8 Å². The van der Waals surface area contributed by atoms with Crippen molar-refractivity contribution in [2.75, 3.05) is 19.8 Å². The highest BCUT2D eigenvalue weighted by atomic mass is 16.5. The van der Waals surface area contributed by atoms with Gasteiger partial charge < -0.3 is 19.2 Å². The van der Waals surface area contributed by atoms with Crippen molar-refractivity contribution < 1.29 is 19.1 Å². The fourth-order valence-corrected chi connectivity index (χ4v) is 4.25. The van der Waals surface area contributed by atoms with E-state index in [9.17, 15) is 9.90 Å². The van der Waals surface area contributed by atoms with Gasteiger partial charge in [-0.15, -0.1) is 0 Å². The average molecular weight is 343 g/mol. The van der Waals surface area contributed by atoms with Crippen LogP contribution in [0.2, 0.25) is 0 Å². The van der Waals surface area contributed by atoms with Crippen LogP contribution < -0.4 is 0 Å². The maximum Gasteiger partial charge on any atom is 0.258 e. The van der Waals surface area contributed by atoms with Crippen molar-refractivity contribution in [3.05, 3.63) is 35.1 Å². The van der Waals surface area contributed by atoms with Crippen molar-refractivity contribution in [1.82, 2.24) is 4.90 Å². The SMILES string of the molecule is Cc1cc2occ(C(=O)N3CCOC[C@@H]3[C@@H]3CCC[C@@H]3O)c2cc1C. The number of hydrogen-bond donors (Lipinski definition) is 1. The van der Waals surface area contributed by atoms with Gasteiger partial charge in [0.1, 0.15) is 11.8 Å². The number of aliphatic hydroxyl groups excluding tert-OH is 1. The predicted octanol–water partition coefficient (Wildman–Crippen LogP) is 3.05. The smallest absolute Gasteiger partial charge is 0.258 e. The molecule has 2 heterocycles. The zero-order valence-electron chi connectivity index (χ0n) is 14.8. The van der Waals surface area contributed by atoms with Crippen molar-refractivity contribution in [3.63, 3.8) is 0 Å². The van der Waals surface area contributed by atoms with Crippen LogP contribution in [0.3, 0.4) is 0 Å². The molecule has 3 atom stereocenters. The lowest BCUT2D eigenvalue weighted by Crippen LogP contribution is -2.53. The fraction of sp³-hybridized carbons (Fsp3) is 0.550. The molecule has 5 nitrogen and oxygen atoms in total. The third-order valence-electron chi connectivity index (χ3n) is 5.87. The molecule has 134 valence electrons. The van der Waals surface area contributed by atoms with Gasteiger partial charge in [0, 0.05) is 17.8 Å². The molecular weight excluding hydrogens is 318 g/mol. The van der Waals surface area contributed by atoms with E-state index in [-0.39, 0.29) is 24.0 Å². The maximum atomic E-state index is 13.3. The number of fused-ring (bicyclic) bond motifs is 1. The number of amides is 1. The van der Waals surface area contributed by atoms with Gasteiger partial charge in [0.2, 0.25) is 0 Å². The number of carbonyl (C=O) groups is 1. The molecule has 1 saturated heterocycles. The number of benzene rings is 1. The molecule has 1 N–H and O–H groups in total. The lowest BCUT2D eigenvalue weighted by atomic mass is 9.93. The quantitative estimate of drug-likeness (QED) is 0.910. The van der Waals surface area contributed by atoms with Crippen LogP contribution in [0.5, 0.6) is 0 Å². The summed E-state index contributed by atoms with van der Waals surface area (Å²) in [6, 6.07) is 3.95. The van der Waals surface area contributed by atoms with Crippen LogP contribution in [0.1, 0.15) is 40.7 Å². The van der Waals surface area contributed by atoms with Crippen LogP contribution in [0.25, 0.3) is 11.0 Å². The zero-order valence-corrected chi connectivity index (χ0v) is 14.8. The number of aliphatic hydroxyl groups is 1. The monoisotopic (exact) mass is 343 g/mol. The molecule has 25 heavy (non-hydrogen) atoms. The minimum atomic E-state index is -0.340. The minimum absolute atomic E-state index is 0.0191. The van der Waals surface area contributed by atoms with Gasteiger partial charge in [0.25, 0.3) is 5.91 Å². The molecule has 0 unspecified atom stereocenters. The largest absolute Gasteiger partial charge is 0.463 e. The Labute approximate surface area is 147 Å². The molecule has 1 saturated carbocycles. The normalized spacial score (nSPS) is 27.2. The Morgan fingerprint density at radius 3 is 2.80 bits per heavy atom. The van der Waals surface area contributed by atoms with E-state index >= 15 is 0 Å². The molecule has 1 amide bonds. The Hall–Kier alpha value is -1.85. The highest BCUT2D eigenvalue weighted by molar-refractivity contribution is 6.06. The molecule has 2 fully saturated rings. The molecule has 1 aromatic carbocycles. The summed E-state index contributed by atoms with van der Waals surface area (Å²) >= 11 is 0. The van der Waals surface area contributed by atoms with Gasteiger partial charge in [-0.3, -0.25) is 4.79 Å². The number of nitrogens with zero attached hydrogens (tertiary/aromatic N) is 1. The molecular formula is C20H25NO4. The van der Waals surface area contributed by atoms with E-state index in [1.807, 2.05) is 30.9 Å². The van der Waals surface area contributed by atoms with Gasteiger partial charge in [-0.1, -0.05) is 6.42 Å². The van der Waals surface area contributed by atoms with Gasteiger partial charge in [0.05, 0.1) is 30.9 Å². The lowest BCUT2D eigenvalue weighted by Gasteiger charge is -2.40. The van der Waals surface area contributed by atoms with E-state index in [2.05, 4.69) is 0 Å². The van der Waals surface area contributed by atoms with Gasteiger partial charge in [-0.2, -0.15) is 0 Å². The van der Waals surface area contributed by atoms with Gasteiger partial charge in [-0.25, -0.2) is 0 Å². The Bertz CT molecular complexity index is 796. The molecule has 0 bridgehead atoms. The first-order valence-corrected chi connectivity index (χ1v) is 9.11. The maximum absolute atomic E-state index is 13.3. The topological polar surface area (TPSA) is 62.9 Å². The van der Waals surface area contributed by atoms with Gasteiger partial charge in [0.15, 0.2) is 0 Å². The molecule has 5 heteroatoms. The summed E-state index contributed by atoms with van der Waals surface area (Å²) in [5.74, 6) is 0.0841. The van der Waals surface area contributed by atoms with E-state index in [4.69, 9.17) is 9.15 Å². The van der Waals surface area contributed by atoms with E-state index in [0.717, 1.165) is 41.4 Å². The molecule has 0 spiro atoms. The van der Waals surface area contributed by atoms with Crippen LogP contribution in [0.15, 0.2) is 22.8 Å². The lowest BCUT2D eigenvalue weighted by molar-refractivity contribution is -0.0383. The number of morpholine rings is 1. The number of furan rings is 1.